The predicted molar refractivity (Wildman–Crippen MR) is 129 cm³/mol. The van der Waals surface area contributed by atoms with Crippen LogP contribution in [0.5, 0.6) is 0 Å². The predicted octanol–water partition coefficient (Wildman–Crippen LogP) is 1.43. The van der Waals surface area contributed by atoms with E-state index in [4.69, 9.17) is 0 Å². The van der Waals surface area contributed by atoms with Crippen LogP contribution in [0.15, 0.2) is 5.38 Å². The quantitative estimate of drug-likeness (QED) is 0.271. The fourth-order valence-corrected chi connectivity index (χ4v) is 4.89. The van der Waals surface area contributed by atoms with E-state index in [2.05, 4.69) is 20.3 Å². The SMILES string of the molecule is CC(C)CNC(=O)[C@H](C(C)C)[C@@H](O)[C@H](O)[C@H](CC(C)C)NC(=O)c1csc(NS(C)(=O)=O)n1. The molecule has 0 spiro atoms. The van der Waals surface area contributed by atoms with E-state index in [1.165, 1.54) is 5.38 Å². The van der Waals surface area contributed by atoms with Gasteiger partial charge in [0, 0.05) is 11.9 Å². The number of aromatic nitrogens is 1. The molecule has 0 aliphatic rings. The molecule has 1 heterocycles. The first-order valence-electron chi connectivity index (χ1n) is 11.0. The zero-order valence-electron chi connectivity index (χ0n) is 20.3. The van der Waals surface area contributed by atoms with E-state index in [1.54, 1.807) is 13.8 Å². The first-order chi connectivity index (χ1) is 15.1. The number of thiazole rings is 1. The highest BCUT2D eigenvalue weighted by Gasteiger charge is 2.38. The molecule has 1 aromatic rings. The minimum Gasteiger partial charge on any atom is -0.390 e. The third-order valence-electron chi connectivity index (χ3n) is 4.89. The summed E-state index contributed by atoms with van der Waals surface area (Å²) in [6.45, 7) is 11.8. The lowest BCUT2D eigenvalue weighted by molar-refractivity contribution is -0.136. The summed E-state index contributed by atoms with van der Waals surface area (Å²) in [6, 6.07) is -0.848. The minimum absolute atomic E-state index is 0.0170. The average molecular weight is 507 g/mol. The second-order valence-electron chi connectivity index (χ2n) is 9.51. The van der Waals surface area contributed by atoms with E-state index in [9.17, 15) is 28.2 Å². The Morgan fingerprint density at radius 1 is 1.06 bits per heavy atom. The van der Waals surface area contributed by atoms with Crippen LogP contribution in [0.2, 0.25) is 0 Å². The number of hydrogen-bond acceptors (Lipinski definition) is 8. The fraction of sp³-hybridized carbons (Fsp3) is 0.762. The van der Waals surface area contributed by atoms with Gasteiger partial charge in [0.25, 0.3) is 5.91 Å². The molecule has 0 aliphatic heterocycles. The molecule has 0 unspecified atom stereocenters. The maximum absolute atomic E-state index is 12.7. The summed E-state index contributed by atoms with van der Waals surface area (Å²) in [5, 5.41) is 28.8. The highest BCUT2D eigenvalue weighted by molar-refractivity contribution is 7.92. The largest absolute Gasteiger partial charge is 0.390 e. The standard InChI is InChI=1S/C21H38N4O6S2/c1-11(2)8-14(23-19(28)15-10-32-21(24-15)25-33(7,30)31)17(26)18(27)16(13(5)6)20(29)22-9-12(3)4/h10-14,16-18,26-27H,8-9H2,1-7H3,(H,22,29)(H,23,28)(H,24,25)/t14-,16+,17+,18+/m0/s1. The monoisotopic (exact) mass is 506 g/mol. The number of nitrogens with one attached hydrogen (secondary N) is 3. The maximum atomic E-state index is 12.7. The van der Waals surface area contributed by atoms with E-state index in [0.29, 0.717) is 13.0 Å². The van der Waals surface area contributed by atoms with Gasteiger partial charge in [-0.2, -0.15) is 0 Å². The van der Waals surface area contributed by atoms with Gasteiger partial charge in [-0.1, -0.05) is 41.5 Å². The summed E-state index contributed by atoms with van der Waals surface area (Å²) in [4.78, 5) is 29.4. The van der Waals surface area contributed by atoms with Crippen LogP contribution in [0.3, 0.4) is 0 Å². The zero-order valence-corrected chi connectivity index (χ0v) is 22.0. The van der Waals surface area contributed by atoms with Gasteiger partial charge in [-0.05, 0) is 24.2 Å². The molecule has 0 fully saturated rings. The summed E-state index contributed by atoms with van der Waals surface area (Å²) in [6.07, 6.45) is -1.48. The van der Waals surface area contributed by atoms with Crippen LogP contribution in [-0.2, 0) is 14.8 Å². The molecule has 190 valence electrons. The van der Waals surface area contributed by atoms with Crippen molar-refractivity contribution in [2.45, 2.75) is 66.2 Å². The highest BCUT2D eigenvalue weighted by atomic mass is 32.2. The molecule has 0 aliphatic carbocycles. The molecule has 1 aromatic heterocycles. The van der Waals surface area contributed by atoms with Gasteiger partial charge in [0.05, 0.1) is 24.3 Å². The molecule has 2 amide bonds. The molecular formula is C21H38N4O6S2. The van der Waals surface area contributed by atoms with Crippen molar-refractivity contribution in [3.05, 3.63) is 11.1 Å². The number of carbonyl (C=O) groups is 2. The first kappa shape index (κ1) is 29.3. The van der Waals surface area contributed by atoms with Gasteiger partial charge in [0.2, 0.25) is 15.9 Å². The van der Waals surface area contributed by atoms with Crippen molar-refractivity contribution in [1.29, 1.82) is 0 Å². The summed E-state index contributed by atoms with van der Waals surface area (Å²) >= 11 is 0.954. The third-order valence-corrected chi connectivity index (χ3v) is 6.34. The summed E-state index contributed by atoms with van der Waals surface area (Å²) in [5.41, 5.74) is -0.0170. The Labute approximate surface area is 200 Å². The molecule has 4 atom stereocenters. The molecule has 10 nitrogen and oxygen atoms in total. The van der Waals surface area contributed by atoms with Crippen molar-refractivity contribution >= 4 is 38.3 Å². The number of carbonyl (C=O) groups excluding carboxylic acids is 2. The Morgan fingerprint density at radius 2 is 1.67 bits per heavy atom. The lowest BCUT2D eigenvalue weighted by Gasteiger charge is -2.34. The van der Waals surface area contributed by atoms with E-state index in [-0.39, 0.29) is 34.5 Å². The van der Waals surface area contributed by atoms with Gasteiger partial charge in [0.1, 0.15) is 11.8 Å². The van der Waals surface area contributed by atoms with Gasteiger partial charge < -0.3 is 20.8 Å². The Kier molecular flexibility index (Phi) is 11.2. The molecule has 0 bridgehead atoms. The summed E-state index contributed by atoms with van der Waals surface area (Å²) in [7, 11) is -3.53. The van der Waals surface area contributed by atoms with Crippen molar-refractivity contribution < 1.29 is 28.2 Å². The van der Waals surface area contributed by atoms with Crippen molar-refractivity contribution in [1.82, 2.24) is 15.6 Å². The van der Waals surface area contributed by atoms with Gasteiger partial charge in [-0.25, -0.2) is 13.4 Å². The van der Waals surface area contributed by atoms with Crippen LogP contribution in [0, 0.1) is 23.7 Å². The van der Waals surface area contributed by atoms with Crippen LogP contribution < -0.4 is 15.4 Å². The molecule has 12 heteroatoms. The summed E-state index contributed by atoms with van der Waals surface area (Å²) < 4.78 is 24.9. The van der Waals surface area contributed by atoms with Crippen molar-refractivity contribution in [2.24, 2.45) is 23.7 Å². The smallest absolute Gasteiger partial charge is 0.271 e. The summed E-state index contributed by atoms with van der Waals surface area (Å²) in [5.74, 6) is -1.78. The van der Waals surface area contributed by atoms with Crippen molar-refractivity contribution in [2.75, 3.05) is 17.5 Å². The molecule has 0 saturated carbocycles. The van der Waals surface area contributed by atoms with Crippen LogP contribution in [0.25, 0.3) is 0 Å². The molecule has 33 heavy (non-hydrogen) atoms. The molecule has 0 saturated heterocycles. The first-order valence-corrected chi connectivity index (χ1v) is 13.8. The third kappa shape index (κ3) is 9.95. The van der Waals surface area contributed by atoms with Crippen molar-refractivity contribution in [3.63, 3.8) is 0 Å². The number of sulfonamides is 1. The van der Waals surface area contributed by atoms with Gasteiger partial charge >= 0.3 is 0 Å². The van der Waals surface area contributed by atoms with Crippen LogP contribution in [-0.4, -0.2) is 66.5 Å². The second kappa shape index (κ2) is 12.6. The van der Waals surface area contributed by atoms with Crippen LogP contribution in [0.4, 0.5) is 5.13 Å². The fourth-order valence-electron chi connectivity index (χ4n) is 3.34. The molecular weight excluding hydrogens is 468 g/mol. The number of anilines is 1. The van der Waals surface area contributed by atoms with Crippen LogP contribution in [0.1, 0.15) is 58.5 Å². The lowest BCUT2D eigenvalue weighted by Crippen LogP contribution is -2.54. The number of rotatable bonds is 13. The number of nitrogens with zero attached hydrogens (tertiary/aromatic N) is 1. The van der Waals surface area contributed by atoms with E-state index < -0.39 is 40.1 Å². The number of aliphatic hydroxyl groups excluding tert-OH is 2. The Morgan fingerprint density at radius 3 is 2.15 bits per heavy atom. The van der Waals surface area contributed by atoms with Gasteiger partial charge in [-0.15, -0.1) is 11.3 Å². The maximum Gasteiger partial charge on any atom is 0.271 e. The van der Waals surface area contributed by atoms with E-state index in [1.807, 2.05) is 27.7 Å². The number of amides is 2. The molecule has 1 rings (SSSR count). The normalized spacial score (nSPS) is 15.9. The molecule has 0 aromatic carbocycles. The number of aliphatic hydroxyl groups is 2. The second-order valence-corrected chi connectivity index (χ2v) is 12.1. The Hall–Kier alpha value is -1.76. The molecule has 5 N–H and O–H groups in total. The minimum atomic E-state index is -3.53. The van der Waals surface area contributed by atoms with Gasteiger partial charge in [-0.3, -0.25) is 14.3 Å². The Balaban J connectivity index is 3.03. The number of hydrogen-bond donors (Lipinski definition) is 5. The van der Waals surface area contributed by atoms with E-state index >= 15 is 0 Å². The highest BCUT2D eigenvalue weighted by Crippen LogP contribution is 2.23. The zero-order chi connectivity index (χ0) is 25.5. The van der Waals surface area contributed by atoms with Gasteiger partial charge in [0.15, 0.2) is 5.13 Å². The molecule has 0 radical (unpaired) electrons. The topological polar surface area (TPSA) is 158 Å². The van der Waals surface area contributed by atoms with Crippen LogP contribution >= 0.6 is 11.3 Å². The van der Waals surface area contributed by atoms with Crippen molar-refractivity contribution in [3.8, 4) is 0 Å². The Bertz CT molecular complexity index is 885. The average Bonchev–Trinajstić information content (AvgIpc) is 3.11. The van der Waals surface area contributed by atoms with E-state index in [0.717, 1.165) is 17.6 Å². The lowest BCUT2D eigenvalue weighted by atomic mass is 9.83.